The predicted octanol–water partition coefficient (Wildman–Crippen LogP) is 2.58. The van der Waals surface area contributed by atoms with E-state index in [0.29, 0.717) is 6.54 Å². The number of carbonyl (C=O) groups excluding carboxylic acids is 1. The fourth-order valence-electron chi connectivity index (χ4n) is 1.83. The van der Waals surface area contributed by atoms with Gasteiger partial charge in [-0.2, -0.15) is 0 Å². The first kappa shape index (κ1) is 14.2. The highest BCUT2D eigenvalue weighted by Crippen LogP contribution is 2.10. The molecule has 0 bridgehead atoms. The first-order valence-corrected chi connectivity index (χ1v) is 6.43. The first-order chi connectivity index (χ1) is 9.66. The van der Waals surface area contributed by atoms with Gasteiger partial charge in [0.1, 0.15) is 5.82 Å². The van der Waals surface area contributed by atoms with Crippen molar-refractivity contribution in [1.82, 2.24) is 5.32 Å². The molecule has 0 fully saturated rings. The van der Waals surface area contributed by atoms with Gasteiger partial charge in [0.15, 0.2) is 0 Å². The van der Waals surface area contributed by atoms with E-state index in [9.17, 15) is 9.18 Å². The van der Waals surface area contributed by atoms with E-state index in [1.165, 1.54) is 12.1 Å². The number of anilines is 1. The van der Waals surface area contributed by atoms with Crippen LogP contribution >= 0.6 is 0 Å². The molecule has 0 saturated heterocycles. The summed E-state index contributed by atoms with van der Waals surface area (Å²) in [5.74, 6) is -0.271. The van der Waals surface area contributed by atoms with E-state index in [4.69, 9.17) is 0 Å². The number of benzene rings is 2. The molecule has 1 N–H and O–H groups in total. The van der Waals surface area contributed by atoms with E-state index >= 15 is 0 Å². The molecule has 2 rings (SSSR count). The van der Waals surface area contributed by atoms with Crippen molar-refractivity contribution in [3.63, 3.8) is 0 Å². The number of carbonyl (C=O) groups is 1. The monoisotopic (exact) mass is 272 g/mol. The molecular formula is C16H17FN2O. The van der Waals surface area contributed by atoms with E-state index in [1.54, 1.807) is 24.1 Å². The second-order valence-corrected chi connectivity index (χ2v) is 4.52. The zero-order chi connectivity index (χ0) is 14.4. The maximum atomic E-state index is 12.7. The summed E-state index contributed by atoms with van der Waals surface area (Å²) in [7, 11) is 1.75. The molecule has 20 heavy (non-hydrogen) atoms. The van der Waals surface area contributed by atoms with Crippen molar-refractivity contribution in [2.45, 2.75) is 6.54 Å². The van der Waals surface area contributed by atoms with Crippen LogP contribution in [-0.2, 0) is 11.3 Å². The lowest BCUT2D eigenvalue weighted by atomic mass is 10.2. The quantitative estimate of drug-likeness (QED) is 0.907. The highest BCUT2D eigenvalue weighted by molar-refractivity contribution is 5.94. The summed E-state index contributed by atoms with van der Waals surface area (Å²) in [4.78, 5) is 13.6. The highest BCUT2D eigenvalue weighted by Gasteiger charge is 2.09. The van der Waals surface area contributed by atoms with Crippen LogP contribution in [-0.4, -0.2) is 19.5 Å². The van der Waals surface area contributed by atoms with E-state index in [0.717, 1.165) is 11.3 Å². The Morgan fingerprint density at radius 2 is 1.75 bits per heavy atom. The molecule has 0 heterocycles. The number of likely N-dealkylation sites (N-methyl/N-ethyl adjacent to an activating group) is 1. The zero-order valence-electron chi connectivity index (χ0n) is 11.3. The molecule has 3 nitrogen and oxygen atoms in total. The molecule has 0 aromatic heterocycles. The van der Waals surface area contributed by atoms with Crippen LogP contribution in [0, 0.1) is 5.82 Å². The maximum Gasteiger partial charge on any atom is 0.240 e. The molecule has 104 valence electrons. The Labute approximate surface area is 118 Å². The van der Waals surface area contributed by atoms with Gasteiger partial charge in [-0.1, -0.05) is 30.3 Å². The van der Waals surface area contributed by atoms with E-state index < -0.39 is 0 Å². The molecule has 2 aromatic carbocycles. The van der Waals surface area contributed by atoms with Crippen molar-refractivity contribution >= 4 is 11.6 Å². The predicted molar refractivity (Wildman–Crippen MR) is 78.0 cm³/mol. The van der Waals surface area contributed by atoms with Gasteiger partial charge in [-0.15, -0.1) is 0 Å². The molecule has 0 unspecified atom stereocenters. The number of halogens is 1. The Hall–Kier alpha value is -2.20. The smallest absolute Gasteiger partial charge is 0.240 e. The zero-order valence-corrected chi connectivity index (χ0v) is 11.3. The number of hydrogen-bond acceptors (Lipinski definition) is 2. The fraction of sp³-hybridized carbons (Fsp3) is 0.188. The molecule has 2 aromatic rings. The molecule has 0 aliphatic rings. The molecule has 0 saturated carbocycles. The summed E-state index contributed by atoms with van der Waals surface area (Å²) in [6.07, 6.45) is 0. The second kappa shape index (κ2) is 6.82. The third-order valence-corrected chi connectivity index (χ3v) is 3.04. The lowest BCUT2D eigenvalue weighted by Gasteiger charge is -2.17. The van der Waals surface area contributed by atoms with Crippen LogP contribution in [0.15, 0.2) is 54.6 Å². The SMILES string of the molecule is CN(C(=O)CNCc1ccc(F)cc1)c1ccccc1. The molecule has 0 atom stereocenters. The fourth-order valence-corrected chi connectivity index (χ4v) is 1.83. The molecule has 0 aliphatic carbocycles. The van der Waals surface area contributed by atoms with Gasteiger partial charge in [-0.3, -0.25) is 4.79 Å². The Kier molecular flexibility index (Phi) is 4.85. The average molecular weight is 272 g/mol. The van der Waals surface area contributed by atoms with Gasteiger partial charge in [0.25, 0.3) is 0 Å². The lowest BCUT2D eigenvalue weighted by molar-refractivity contribution is -0.117. The van der Waals surface area contributed by atoms with Crippen molar-refractivity contribution in [1.29, 1.82) is 0 Å². The summed E-state index contributed by atoms with van der Waals surface area (Å²) >= 11 is 0. The summed E-state index contributed by atoms with van der Waals surface area (Å²) in [6, 6.07) is 15.7. The van der Waals surface area contributed by atoms with E-state index in [1.807, 2.05) is 30.3 Å². The maximum absolute atomic E-state index is 12.7. The largest absolute Gasteiger partial charge is 0.314 e. The molecular weight excluding hydrogens is 255 g/mol. The van der Waals surface area contributed by atoms with Crippen LogP contribution in [0.5, 0.6) is 0 Å². The third kappa shape index (κ3) is 3.90. The van der Waals surface area contributed by atoms with Crippen LogP contribution in [0.1, 0.15) is 5.56 Å². The number of hydrogen-bond donors (Lipinski definition) is 1. The molecule has 1 amide bonds. The molecule has 4 heteroatoms. The minimum atomic E-state index is -0.256. The van der Waals surface area contributed by atoms with Gasteiger partial charge in [0.05, 0.1) is 6.54 Å². The summed E-state index contributed by atoms with van der Waals surface area (Å²) in [6.45, 7) is 0.775. The Balaban J connectivity index is 1.82. The van der Waals surface area contributed by atoms with Gasteiger partial charge in [0.2, 0.25) is 5.91 Å². The standard InChI is InChI=1S/C16H17FN2O/c1-19(15-5-3-2-4-6-15)16(20)12-18-11-13-7-9-14(17)10-8-13/h2-10,18H,11-12H2,1H3. The minimum Gasteiger partial charge on any atom is -0.314 e. The average Bonchev–Trinajstić information content (AvgIpc) is 2.49. The Bertz CT molecular complexity index is 554. The summed E-state index contributed by atoms with van der Waals surface area (Å²) in [5, 5.41) is 3.06. The van der Waals surface area contributed by atoms with Crippen LogP contribution in [0.4, 0.5) is 10.1 Å². The minimum absolute atomic E-state index is 0.0155. The third-order valence-electron chi connectivity index (χ3n) is 3.04. The first-order valence-electron chi connectivity index (χ1n) is 6.43. The van der Waals surface area contributed by atoms with Crippen molar-refractivity contribution in [2.75, 3.05) is 18.5 Å². The highest BCUT2D eigenvalue weighted by atomic mass is 19.1. The number of amides is 1. The van der Waals surface area contributed by atoms with Crippen LogP contribution < -0.4 is 10.2 Å². The van der Waals surface area contributed by atoms with Crippen LogP contribution in [0.3, 0.4) is 0 Å². The Morgan fingerprint density at radius 1 is 1.10 bits per heavy atom. The van der Waals surface area contributed by atoms with Gasteiger partial charge < -0.3 is 10.2 Å². The van der Waals surface area contributed by atoms with Crippen LogP contribution in [0.2, 0.25) is 0 Å². The van der Waals surface area contributed by atoms with E-state index in [-0.39, 0.29) is 18.3 Å². The van der Waals surface area contributed by atoms with Gasteiger partial charge in [0, 0.05) is 19.3 Å². The van der Waals surface area contributed by atoms with Gasteiger partial charge in [-0.25, -0.2) is 4.39 Å². The van der Waals surface area contributed by atoms with Crippen molar-refractivity contribution in [2.24, 2.45) is 0 Å². The van der Waals surface area contributed by atoms with Crippen molar-refractivity contribution < 1.29 is 9.18 Å². The Morgan fingerprint density at radius 3 is 2.40 bits per heavy atom. The topological polar surface area (TPSA) is 32.3 Å². The number of nitrogens with zero attached hydrogens (tertiary/aromatic N) is 1. The molecule has 0 aliphatic heterocycles. The summed E-state index contributed by atoms with van der Waals surface area (Å²) in [5.41, 5.74) is 1.81. The van der Waals surface area contributed by atoms with Crippen LogP contribution in [0.25, 0.3) is 0 Å². The summed E-state index contributed by atoms with van der Waals surface area (Å²) < 4.78 is 12.7. The number of rotatable bonds is 5. The number of para-hydroxylation sites is 1. The lowest BCUT2D eigenvalue weighted by Crippen LogP contribution is -2.35. The number of nitrogens with one attached hydrogen (secondary N) is 1. The van der Waals surface area contributed by atoms with Crippen molar-refractivity contribution in [3.05, 3.63) is 66.0 Å². The van der Waals surface area contributed by atoms with E-state index in [2.05, 4.69) is 5.32 Å². The van der Waals surface area contributed by atoms with Gasteiger partial charge >= 0.3 is 0 Å². The van der Waals surface area contributed by atoms with Gasteiger partial charge in [-0.05, 0) is 29.8 Å². The molecule has 0 spiro atoms. The van der Waals surface area contributed by atoms with Crippen molar-refractivity contribution in [3.8, 4) is 0 Å². The molecule has 0 radical (unpaired) electrons. The second-order valence-electron chi connectivity index (χ2n) is 4.52. The normalized spacial score (nSPS) is 10.3.